The SMILES string of the molecule is C[C@@H](C(=O)Nc1sccc1C(N)=O)[NH+]1CCN(c2ccccc2Cl)CC1. The molecule has 3 rings (SSSR count). The molecule has 2 amide bonds. The van der Waals surface area contributed by atoms with Crippen molar-refractivity contribution in [2.24, 2.45) is 5.73 Å². The third-order valence-corrected chi connectivity index (χ3v) is 5.92. The van der Waals surface area contributed by atoms with Crippen molar-refractivity contribution in [1.82, 2.24) is 0 Å². The summed E-state index contributed by atoms with van der Waals surface area (Å²) in [5, 5.41) is 5.86. The normalized spacial score (nSPS) is 16.3. The number of halogens is 1. The van der Waals surface area contributed by atoms with Crippen LogP contribution in [-0.4, -0.2) is 44.0 Å². The van der Waals surface area contributed by atoms with Gasteiger partial charge in [0.2, 0.25) is 0 Å². The zero-order valence-electron chi connectivity index (χ0n) is 14.5. The van der Waals surface area contributed by atoms with E-state index in [0.29, 0.717) is 10.6 Å². The first-order valence-electron chi connectivity index (χ1n) is 8.49. The van der Waals surface area contributed by atoms with E-state index < -0.39 is 5.91 Å². The zero-order valence-corrected chi connectivity index (χ0v) is 16.1. The number of rotatable bonds is 5. The Balaban J connectivity index is 1.58. The number of anilines is 2. The summed E-state index contributed by atoms with van der Waals surface area (Å²) in [7, 11) is 0. The Morgan fingerprint density at radius 2 is 1.96 bits per heavy atom. The number of para-hydroxylation sites is 1. The van der Waals surface area contributed by atoms with Gasteiger partial charge in [0, 0.05) is 0 Å². The topological polar surface area (TPSA) is 79.9 Å². The van der Waals surface area contributed by atoms with Crippen molar-refractivity contribution < 1.29 is 14.5 Å². The Labute approximate surface area is 161 Å². The summed E-state index contributed by atoms with van der Waals surface area (Å²) in [5.41, 5.74) is 6.72. The van der Waals surface area contributed by atoms with Gasteiger partial charge in [-0.25, -0.2) is 0 Å². The highest BCUT2D eigenvalue weighted by molar-refractivity contribution is 7.14. The minimum atomic E-state index is -0.532. The van der Waals surface area contributed by atoms with Gasteiger partial charge in [-0.1, -0.05) is 23.7 Å². The average molecular weight is 394 g/mol. The van der Waals surface area contributed by atoms with E-state index in [-0.39, 0.29) is 11.9 Å². The second-order valence-corrected chi connectivity index (χ2v) is 7.66. The van der Waals surface area contributed by atoms with E-state index in [4.69, 9.17) is 17.3 Å². The van der Waals surface area contributed by atoms with Gasteiger partial charge >= 0.3 is 0 Å². The second-order valence-electron chi connectivity index (χ2n) is 6.34. The Kier molecular flexibility index (Phi) is 5.80. The summed E-state index contributed by atoms with van der Waals surface area (Å²) in [4.78, 5) is 27.4. The number of nitrogens with zero attached hydrogens (tertiary/aromatic N) is 1. The monoisotopic (exact) mass is 393 g/mol. The lowest BCUT2D eigenvalue weighted by Gasteiger charge is -2.36. The lowest BCUT2D eigenvalue weighted by molar-refractivity contribution is -0.914. The van der Waals surface area contributed by atoms with Crippen molar-refractivity contribution in [3.8, 4) is 0 Å². The first kappa shape index (κ1) is 18.7. The van der Waals surface area contributed by atoms with Crippen molar-refractivity contribution >= 4 is 45.4 Å². The van der Waals surface area contributed by atoms with E-state index in [0.717, 1.165) is 36.9 Å². The number of primary amides is 1. The predicted octanol–water partition coefficient (Wildman–Crippen LogP) is 1.23. The van der Waals surface area contributed by atoms with E-state index in [1.54, 1.807) is 11.4 Å². The van der Waals surface area contributed by atoms with Crippen molar-refractivity contribution in [3.63, 3.8) is 0 Å². The predicted molar refractivity (Wildman–Crippen MR) is 105 cm³/mol. The molecule has 6 nitrogen and oxygen atoms in total. The number of thiophene rings is 1. The van der Waals surface area contributed by atoms with Crippen molar-refractivity contribution in [3.05, 3.63) is 46.3 Å². The summed E-state index contributed by atoms with van der Waals surface area (Å²) in [5.74, 6) is -0.633. The highest BCUT2D eigenvalue weighted by atomic mass is 35.5. The van der Waals surface area contributed by atoms with Crippen molar-refractivity contribution in [2.75, 3.05) is 36.4 Å². The average Bonchev–Trinajstić information content (AvgIpc) is 3.10. The van der Waals surface area contributed by atoms with E-state index in [9.17, 15) is 9.59 Å². The summed E-state index contributed by atoms with van der Waals surface area (Å²) < 4.78 is 0. The van der Waals surface area contributed by atoms with Gasteiger partial charge in [-0.2, -0.15) is 0 Å². The van der Waals surface area contributed by atoms with Crippen LogP contribution in [0.4, 0.5) is 10.7 Å². The number of nitrogens with two attached hydrogens (primary N) is 1. The fraction of sp³-hybridized carbons (Fsp3) is 0.333. The zero-order chi connectivity index (χ0) is 18.7. The highest BCUT2D eigenvalue weighted by Gasteiger charge is 2.30. The molecule has 0 radical (unpaired) electrons. The molecule has 1 aliphatic heterocycles. The van der Waals surface area contributed by atoms with E-state index >= 15 is 0 Å². The molecule has 1 aromatic heterocycles. The largest absolute Gasteiger partial charge is 0.366 e. The van der Waals surface area contributed by atoms with Crippen LogP contribution in [0.5, 0.6) is 0 Å². The van der Waals surface area contributed by atoms with E-state index in [1.165, 1.54) is 16.2 Å². The number of benzene rings is 1. The third-order valence-electron chi connectivity index (χ3n) is 4.77. The minimum absolute atomic E-state index is 0.101. The lowest BCUT2D eigenvalue weighted by Crippen LogP contribution is -3.19. The van der Waals surface area contributed by atoms with Crippen LogP contribution in [0.3, 0.4) is 0 Å². The molecule has 1 aromatic carbocycles. The number of piperazine rings is 1. The fourth-order valence-corrected chi connectivity index (χ4v) is 4.23. The van der Waals surface area contributed by atoms with E-state index in [2.05, 4.69) is 10.2 Å². The van der Waals surface area contributed by atoms with Gasteiger partial charge in [0.05, 0.1) is 42.5 Å². The lowest BCUT2D eigenvalue weighted by atomic mass is 10.2. The Bertz CT molecular complexity index is 802. The molecule has 0 aliphatic carbocycles. The van der Waals surface area contributed by atoms with Crippen LogP contribution in [0.25, 0.3) is 0 Å². The van der Waals surface area contributed by atoms with Gasteiger partial charge in [-0.3, -0.25) is 9.59 Å². The molecule has 8 heteroatoms. The molecule has 4 N–H and O–H groups in total. The van der Waals surface area contributed by atoms with Gasteiger partial charge in [0.25, 0.3) is 11.8 Å². The number of nitrogens with one attached hydrogen (secondary N) is 2. The molecule has 0 bridgehead atoms. The minimum Gasteiger partial charge on any atom is -0.366 e. The van der Waals surface area contributed by atoms with Crippen LogP contribution in [0.2, 0.25) is 5.02 Å². The molecular formula is C18H22ClN4O2S+. The summed E-state index contributed by atoms with van der Waals surface area (Å²) in [6.07, 6.45) is 0. The molecule has 0 saturated carbocycles. The van der Waals surface area contributed by atoms with Crippen LogP contribution in [0.1, 0.15) is 17.3 Å². The van der Waals surface area contributed by atoms with Crippen molar-refractivity contribution in [2.45, 2.75) is 13.0 Å². The first-order chi connectivity index (χ1) is 12.5. The van der Waals surface area contributed by atoms with Crippen LogP contribution in [-0.2, 0) is 4.79 Å². The molecule has 138 valence electrons. The number of quaternary nitrogens is 1. The molecule has 0 unspecified atom stereocenters. The van der Waals surface area contributed by atoms with Crippen LogP contribution >= 0.6 is 22.9 Å². The number of carbonyl (C=O) groups is 2. The molecule has 1 aliphatic rings. The number of hydrogen-bond acceptors (Lipinski definition) is 4. The fourth-order valence-electron chi connectivity index (χ4n) is 3.18. The Hall–Kier alpha value is -2.09. The molecular weight excluding hydrogens is 372 g/mol. The quantitative estimate of drug-likeness (QED) is 0.714. The van der Waals surface area contributed by atoms with E-state index in [1.807, 2.05) is 31.2 Å². The van der Waals surface area contributed by atoms with Crippen LogP contribution in [0.15, 0.2) is 35.7 Å². The Morgan fingerprint density at radius 1 is 1.27 bits per heavy atom. The molecule has 1 saturated heterocycles. The van der Waals surface area contributed by atoms with Gasteiger partial charge in [0.15, 0.2) is 6.04 Å². The van der Waals surface area contributed by atoms with Crippen LogP contribution in [0, 0.1) is 0 Å². The maximum Gasteiger partial charge on any atom is 0.282 e. The van der Waals surface area contributed by atoms with Gasteiger partial charge in [0.1, 0.15) is 5.00 Å². The standard InChI is InChI=1S/C18H21ClN4O2S/c1-12(17(25)21-18-13(16(20)24)6-11-26-18)22-7-9-23(10-8-22)15-5-3-2-4-14(15)19/h2-6,11-12H,7-10H2,1H3,(H2,20,24)(H,21,25)/p+1/t12-/m0/s1. The molecule has 1 fully saturated rings. The molecule has 1 atom stereocenters. The van der Waals surface area contributed by atoms with Crippen molar-refractivity contribution in [1.29, 1.82) is 0 Å². The van der Waals surface area contributed by atoms with Gasteiger partial charge in [-0.15, -0.1) is 11.3 Å². The maximum absolute atomic E-state index is 12.6. The number of carbonyl (C=O) groups excluding carboxylic acids is 2. The number of amides is 2. The van der Waals surface area contributed by atoms with Gasteiger partial charge < -0.3 is 20.9 Å². The summed E-state index contributed by atoms with van der Waals surface area (Å²) in [6, 6.07) is 9.22. The molecule has 2 aromatic rings. The first-order valence-corrected chi connectivity index (χ1v) is 9.75. The summed E-state index contributed by atoms with van der Waals surface area (Å²) in [6.45, 7) is 5.26. The second kappa shape index (κ2) is 8.07. The van der Waals surface area contributed by atoms with Gasteiger partial charge in [-0.05, 0) is 30.5 Å². The summed E-state index contributed by atoms with van der Waals surface area (Å²) >= 11 is 7.58. The molecule has 26 heavy (non-hydrogen) atoms. The molecule has 2 heterocycles. The van der Waals surface area contributed by atoms with Crippen LogP contribution < -0.4 is 20.9 Å². The highest BCUT2D eigenvalue weighted by Crippen LogP contribution is 2.25. The molecule has 0 spiro atoms. The smallest absolute Gasteiger partial charge is 0.282 e. The third kappa shape index (κ3) is 4.00. The number of hydrogen-bond donors (Lipinski definition) is 3. The maximum atomic E-state index is 12.6. The Morgan fingerprint density at radius 3 is 2.62 bits per heavy atom.